The number of nitrogens with one attached hydrogen (secondary N) is 1. The Morgan fingerprint density at radius 1 is 1.09 bits per heavy atom. The molecule has 1 aliphatic carbocycles. The standard InChI is InChI=1S/C24H18F2N2O5/c1-31-19-11-14(5-6-15(19)13-29)17-3-2-4-21(27-17)28-22(30)23(9-10-23)16-7-8-18-20(12-16)33-24(25,26)32-18/h2-8,11-13H,9-10H2,1H3,(H,27,28,30). The van der Waals surface area contributed by atoms with Crippen LogP contribution in [0, 0.1) is 0 Å². The van der Waals surface area contributed by atoms with Crippen molar-refractivity contribution in [2.24, 2.45) is 0 Å². The predicted octanol–water partition coefficient (Wildman–Crippen LogP) is 4.56. The molecule has 1 N–H and O–H groups in total. The van der Waals surface area contributed by atoms with Gasteiger partial charge in [0.05, 0.1) is 23.8 Å². The zero-order chi connectivity index (χ0) is 23.2. The van der Waals surface area contributed by atoms with E-state index in [0.717, 1.165) is 0 Å². The monoisotopic (exact) mass is 452 g/mol. The van der Waals surface area contributed by atoms with Crippen LogP contribution in [0.1, 0.15) is 28.8 Å². The Balaban J connectivity index is 1.38. The highest BCUT2D eigenvalue weighted by atomic mass is 19.3. The molecule has 1 saturated carbocycles. The number of pyridine rings is 1. The lowest BCUT2D eigenvalue weighted by Crippen LogP contribution is -2.28. The first-order chi connectivity index (χ1) is 15.8. The maximum absolute atomic E-state index is 13.3. The summed E-state index contributed by atoms with van der Waals surface area (Å²) in [6, 6.07) is 14.7. The van der Waals surface area contributed by atoms with Crippen molar-refractivity contribution in [3.63, 3.8) is 0 Å². The van der Waals surface area contributed by atoms with Crippen LogP contribution < -0.4 is 19.5 Å². The molecule has 0 bridgehead atoms. The predicted molar refractivity (Wildman–Crippen MR) is 114 cm³/mol. The van der Waals surface area contributed by atoms with Crippen molar-refractivity contribution in [2.45, 2.75) is 24.6 Å². The maximum Gasteiger partial charge on any atom is 0.586 e. The van der Waals surface area contributed by atoms with Crippen LogP contribution in [0.5, 0.6) is 17.2 Å². The summed E-state index contributed by atoms with van der Waals surface area (Å²) >= 11 is 0. The van der Waals surface area contributed by atoms with E-state index < -0.39 is 11.7 Å². The Hall–Kier alpha value is -4.01. The van der Waals surface area contributed by atoms with E-state index in [1.165, 1.54) is 19.2 Å². The number of anilines is 1. The molecule has 3 aromatic rings. The number of halogens is 2. The van der Waals surface area contributed by atoms with Crippen molar-refractivity contribution in [1.29, 1.82) is 0 Å². The Morgan fingerprint density at radius 3 is 2.61 bits per heavy atom. The fraction of sp³-hybridized carbons (Fsp3) is 0.208. The number of amides is 1. The summed E-state index contributed by atoms with van der Waals surface area (Å²) in [6.07, 6.45) is -1.87. The van der Waals surface area contributed by atoms with Crippen molar-refractivity contribution < 1.29 is 32.6 Å². The summed E-state index contributed by atoms with van der Waals surface area (Å²) in [5.41, 5.74) is 1.45. The molecule has 1 amide bonds. The van der Waals surface area contributed by atoms with Gasteiger partial charge in [-0.2, -0.15) is 0 Å². The van der Waals surface area contributed by atoms with Crippen LogP contribution in [0.25, 0.3) is 11.3 Å². The zero-order valence-electron chi connectivity index (χ0n) is 17.4. The van der Waals surface area contributed by atoms with Gasteiger partial charge in [-0.1, -0.05) is 18.2 Å². The summed E-state index contributed by atoms with van der Waals surface area (Å²) in [6.45, 7) is 0. The number of nitrogens with zero attached hydrogens (tertiary/aromatic N) is 1. The number of rotatable bonds is 6. The highest BCUT2D eigenvalue weighted by Gasteiger charge is 2.52. The Morgan fingerprint density at radius 2 is 1.88 bits per heavy atom. The number of hydrogen-bond acceptors (Lipinski definition) is 6. The first kappa shape index (κ1) is 20.9. The van der Waals surface area contributed by atoms with Crippen LogP contribution in [-0.4, -0.2) is 30.6 Å². The van der Waals surface area contributed by atoms with E-state index >= 15 is 0 Å². The summed E-state index contributed by atoms with van der Waals surface area (Å²) in [7, 11) is 1.47. The average molecular weight is 452 g/mol. The van der Waals surface area contributed by atoms with Crippen LogP contribution in [0.4, 0.5) is 14.6 Å². The lowest BCUT2D eigenvalue weighted by molar-refractivity contribution is -0.286. The second kappa shape index (κ2) is 7.54. The second-order valence-corrected chi connectivity index (χ2v) is 7.85. The van der Waals surface area contributed by atoms with Gasteiger partial charge < -0.3 is 19.5 Å². The largest absolute Gasteiger partial charge is 0.586 e. The molecule has 2 aromatic carbocycles. The molecule has 33 heavy (non-hydrogen) atoms. The summed E-state index contributed by atoms with van der Waals surface area (Å²) in [5.74, 6) is 0.319. The third kappa shape index (κ3) is 3.75. The van der Waals surface area contributed by atoms with Crippen molar-refractivity contribution in [3.8, 4) is 28.5 Å². The number of fused-ring (bicyclic) bond motifs is 1. The minimum absolute atomic E-state index is 0.0645. The quantitative estimate of drug-likeness (QED) is 0.552. The van der Waals surface area contributed by atoms with Crippen molar-refractivity contribution in [2.75, 3.05) is 12.4 Å². The molecule has 1 fully saturated rings. The number of aromatic nitrogens is 1. The average Bonchev–Trinajstić information content (AvgIpc) is 3.56. The van der Waals surface area contributed by atoms with Gasteiger partial charge in [0.2, 0.25) is 5.91 Å². The van der Waals surface area contributed by atoms with Crippen LogP contribution in [-0.2, 0) is 10.2 Å². The molecule has 0 unspecified atom stereocenters. The number of ether oxygens (including phenoxy) is 3. The van der Waals surface area contributed by atoms with Gasteiger partial charge in [0.15, 0.2) is 17.8 Å². The summed E-state index contributed by atoms with van der Waals surface area (Å²) < 4.78 is 40.9. The molecule has 0 spiro atoms. The van der Waals surface area contributed by atoms with E-state index in [9.17, 15) is 18.4 Å². The normalized spacial score (nSPS) is 16.7. The molecule has 7 nitrogen and oxygen atoms in total. The molecular weight excluding hydrogens is 434 g/mol. The Kier molecular flexibility index (Phi) is 4.77. The third-order valence-electron chi connectivity index (χ3n) is 5.79. The topological polar surface area (TPSA) is 86.8 Å². The van der Waals surface area contributed by atoms with E-state index in [1.807, 2.05) is 0 Å². The lowest BCUT2D eigenvalue weighted by Gasteiger charge is -2.16. The molecule has 5 rings (SSSR count). The van der Waals surface area contributed by atoms with E-state index in [0.29, 0.717) is 53.1 Å². The second-order valence-electron chi connectivity index (χ2n) is 7.85. The molecule has 9 heteroatoms. The molecule has 168 valence electrons. The van der Waals surface area contributed by atoms with Crippen LogP contribution in [0.15, 0.2) is 54.6 Å². The van der Waals surface area contributed by atoms with Crippen molar-refractivity contribution in [3.05, 3.63) is 65.7 Å². The first-order valence-corrected chi connectivity index (χ1v) is 10.2. The number of aldehydes is 1. The van der Waals surface area contributed by atoms with Crippen LogP contribution in [0.3, 0.4) is 0 Å². The van der Waals surface area contributed by atoms with Gasteiger partial charge in [0.1, 0.15) is 11.6 Å². The van der Waals surface area contributed by atoms with E-state index in [4.69, 9.17) is 4.74 Å². The van der Waals surface area contributed by atoms with Gasteiger partial charge >= 0.3 is 6.29 Å². The number of carbonyl (C=O) groups is 2. The zero-order valence-corrected chi connectivity index (χ0v) is 17.4. The minimum atomic E-state index is -3.71. The van der Waals surface area contributed by atoms with Gasteiger partial charge in [0, 0.05) is 5.56 Å². The lowest BCUT2D eigenvalue weighted by atomic mass is 9.94. The molecule has 0 radical (unpaired) electrons. The number of methoxy groups -OCH3 is 1. The number of alkyl halides is 2. The van der Waals surface area contributed by atoms with Crippen LogP contribution in [0.2, 0.25) is 0 Å². The van der Waals surface area contributed by atoms with E-state index in [1.54, 1.807) is 42.5 Å². The fourth-order valence-corrected chi connectivity index (χ4v) is 3.89. The molecule has 0 atom stereocenters. The maximum atomic E-state index is 13.3. The molecule has 2 aliphatic rings. The number of benzene rings is 2. The van der Waals surface area contributed by atoms with Crippen LogP contribution >= 0.6 is 0 Å². The molecule has 0 saturated heterocycles. The summed E-state index contributed by atoms with van der Waals surface area (Å²) in [4.78, 5) is 28.8. The van der Waals surface area contributed by atoms with Crippen molar-refractivity contribution in [1.82, 2.24) is 4.98 Å². The molecule has 1 aromatic heterocycles. The van der Waals surface area contributed by atoms with Gasteiger partial charge in [-0.3, -0.25) is 9.59 Å². The summed E-state index contributed by atoms with van der Waals surface area (Å²) in [5, 5.41) is 2.83. The van der Waals surface area contributed by atoms with E-state index in [2.05, 4.69) is 19.8 Å². The minimum Gasteiger partial charge on any atom is -0.496 e. The Bertz CT molecular complexity index is 1270. The molecule has 2 heterocycles. The van der Waals surface area contributed by atoms with Gasteiger partial charge in [-0.25, -0.2) is 4.98 Å². The number of hydrogen-bond donors (Lipinski definition) is 1. The van der Waals surface area contributed by atoms with Crippen molar-refractivity contribution >= 4 is 18.0 Å². The van der Waals surface area contributed by atoms with Gasteiger partial charge in [0.25, 0.3) is 0 Å². The third-order valence-corrected chi connectivity index (χ3v) is 5.79. The smallest absolute Gasteiger partial charge is 0.496 e. The molecule has 1 aliphatic heterocycles. The highest BCUT2D eigenvalue weighted by molar-refractivity contribution is 6.01. The van der Waals surface area contributed by atoms with Gasteiger partial charge in [-0.15, -0.1) is 8.78 Å². The highest BCUT2D eigenvalue weighted by Crippen LogP contribution is 2.52. The fourth-order valence-electron chi connectivity index (χ4n) is 3.89. The number of carbonyl (C=O) groups excluding carboxylic acids is 2. The molecular formula is C24H18F2N2O5. The SMILES string of the molecule is COc1cc(-c2cccc(NC(=O)C3(c4ccc5c(c4)OC(F)(F)O5)CC3)n2)ccc1C=O. The van der Waals surface area contributed by atoms with E-state index in [-0.39, 0.29) is 17.4 Å². The Labute approximate surface area is 187 Å². The first-order valence-electron chi connectivity index (χ1n) is 10.2. The van der Waals surface area contributed by atoms with Gasteiger partial charge in [-0.05, 0) is 54.8 Å².